The number of thiazole rings is 1. The Labute approximate surface area is 136 Å². The van der Waals surface area contributed by atoms with Crippen molar-refractivity contribution in [3.8, 4) is 5.75 Å². The summed E-state index contributed by atoms with van der Waals surface area (Å²) in [4.78, 5) is 16.3. The first kappa shape index (κ1) is 15.2. The molecule has 3 rings (SSSR count). The average molecular weight is 328 g/mol. The Morgan fingerprint density at radius 2 is 2.04 bits per heavy atom. The molecule has 3 aromatic rings. The van der Waals surface area contributed by atoms with Crippen LogP contribution in [0.1, 0.15) is 5.56 Å². The first-order chi connectivity index (χ1) is 11.1. The van der Waals surface area contributed by atoms with Crippen molar-refractivity contribution in [1.82, 2.24) is 4.98 Å². The molecule has 116 valence electrons. The van der Waals surface area contributed by atoms with Crippen LogP contribution < -0.4 is 10.1 Å². The molecule has 1 heterocycles. The maximum atomic E-state index is 12.8. The summed E-state index contributed by atoms with van der Waals surface area (Å²) >= 11 is 1.37. The third-order valence-corrected chi connectivity index (χ3v) is 4.06. The van der Waals surface area contributed by atoms with E-state index >= 15 is 0 Å². The van der Waals surface area contributed by atoms with E-state index in [-0.39, 0.29) is 11.7 Å². The van der Waals surface area contributed by atoms with Gasteiger partial charge in [0.25, 0.3) is 0 Å². The second-order valence-corrected chi connectivity index (χ2v) is 5.76. The van der Waals surface area contributed by atoms with Crippen molar-refractivity contribution >= 4 is 38.7 Å². The van der Waals surface area contributed by atoms with Gasteiger partial charge in [-0.3, -0.25) is 10.1 Å². The van der Waals surface area contributed by atoms with Gasteiger partial charge in [0.1, 0.15) is 11.6 Å². The summed E-state index contributed by atoms with van der Waals surface area (Å²) in [6.45, 7) is 0. The first-order valence-corrected chi connectivity index (χ1v) is 7.65. The Morgan fingerprint density at radius 3 is 2.78 bits per heavy atom. The molecule has 0 bridgehead atoms. The molecule has 0 aliphatic carbocycles. The Balaban J connectivity index is 1.71. The van der Waals surface area contributed by atoms with Crippen molar-refractivity contribution < 1.29 is 13.9 Å². The number of ether oxygens (including phenoxy) is 1. The number of carbonyl (C=O) groups is 1. The maximum absolute atomic E-state index is 12.8. The maximum Gasteiger partial charge on any atom is 0.250 e. The van der Waals surface area contributed by atoms with Crippen LogP contribution in [0.25, 0.3) is 16.3 Å². The SMILES string of the molecule is COc1ccc2nc(NC(=O)/C=C/c3ccc(F)cc3)sc2c1. The van der Waals surface area contributed by atoms with Crippen LogP contribution in [0.3, 0.4) is 0 Å². The number of carbonyl (C=O) groups excluding carboxylic acids is 1. The molecule has 0 atom stereocenters. The molecule has 0 aliphatic heterocycles. The van der Waals surface area contributed by atoms with Gasteiger partial charge in [0.15, 0.2) is 5.13 Å². The fourth-order valence-corrected chi connectivity index (χ4v) is 2.88. The number of hydrogen-bond acceptors (Lipinski definition) is 4. The highest BCUT2D eigenvalue weighted by atomic mass is 32.1. The van der Waals surface area contributed by atoms with Crippen LogP contribution in [0.15, 0.2) is 48.5 Å². The smallest absolute Gasteiger partial charge is 0.250 e. The third-order valence-electron chi connectivity index (χ3n) is 3.12. The van der Waals surface area contributed by atoms with E-state index < -0.39 is 0 Å². The number of nitrogens with zero attached hydrogens (tertiary/aromatic N) is 1. The molecule has 0 saturated heterocycles. The summed E-state index contributed by atoms with van der Waals surface area (Å²) in [7, 11) is 1.60. The van der Waals surface area contributed by atoms with Crippen molar-refractivity contribution in [2.24, 2.45) is 0 Å². The van der Waals surface area contributed by atoms with Crippen LogP contribution in [0.2, 0.25) is 0 Å². The van der Waals surface area contributed by atoms with Gasteiger partial charge in [-0.2, -0.15) is 0 Å². The van der Waals surface area contributed by atoms with Crippen LogP contribution in [-0.4, -0.2) is 18.0 Å². The van der Waals surface area contributed by atoms with Crippen molar-refractivity contribution in [1.29, 1.82) is 0 Å². The van der Waals surface area contributed by atoms with Gasteiger partial charge in [-0.15, -0.1) is 0 Å². The lowest BCUT2D eigenvalue weighted by Crippen LogP contribution is -2.07. The normalized spacial score (nSPS) is 11.0. The highest BCUT2D eigenvalue weighted by Gasteiger charge is 2.06. The summed E-state index contributed by atoms with van der Waals surface area (Å²) in [5.41, 5.74) is 1.55. The summed E-state index contributed by atoms with van der Waals surface area (Å²) in [6, 6.07) is 11.4. The minimum Gasteiger partial charge on any atom is -0.497 e. The van der Waals surface area contributed by atoms with E-state index in [4.69, 9.17) is 4.74 Å². The lowest BCUT2D eigenvalue weighted by atomic mass is 10.2. The standard InChI is InChI=1S/C17H13FN2O2S/c1-22-13-7-8-14-15(10-13)23-17(19-14)20-16(21)9-4-11-2-5-12(18)6-3-11/h2-10H,1H3,(H,19,20,21)/b9-4+. The molecule has 6 heteroatoms. The molecule has 1 N–H and O–H groups in total. The number of halogens is 1. The van der Waals surface area contributed by atoms with Gasteiger partial charge in [0.05, 0.1) is 17.3 Å². The number of fused-ring (bicyclic) bond motifs is 1. The topological polar surface area (TPSA) is 51.2 Å². The van der Waals surface area contributed by atoms with Gasteiger partial charge < -0.3 is 4.74 Å². The predicted molar refractivity (Wildman–Crippen MR) is 90.2 cm³/mol. The average Bonchev–Trinajstić information content (AvgIpc) is 2.95. The predicted octanol–water partition coefficient (Wildman–Crippen LogP) is 4.10. The Hall–Kier alpha value is -2.73. The Bertz CT molecular complexity index is 872. The Morgan fingerprint density at radius 1 is 1.26 bits per heavy atom. The fourth-order valence-electron chi connectivity index (χ4n) is 1.98. The molecule has 23 heavy (non-hydrogen) atoms. The van der Waals surface area contributed by atoms with E-state index in [0.29, 0.717) is 5.13 Å². The van der Waals surface area contributed by atoms with Gasteiger partial charge in [0, 0.05) is 6.08 Å². The van der Waals surface area contributed by atoms with Crippen molar-refractivity contribution in [2.45, 2.75) is 0 Å². The molecule has 0 radical (unpaired) electrons. The van der Waals surface area contributed by atoms with Crippen molar-refractivity contribution in [2.75, 3.05) is 12.4 Å². The molecular weight excluding hydrogens is 315 g/mol. The lowest BCUT2D eigenvalue weighted by Gasteiger charge is -1.96. The number of aromatic nitrogens is 1. The van der Waals surface area contributed by atoms with Crippen LogP contribution in [0.5, 0.6) is 5.75 Å². The zero-order valence-corrected chi connectivity index (χ0v) is 13.1. The van der Waals surface area contributed by atoms with Crippen LogP contribution >= 0.6 is 11.3 Å². The highest BCUT2D eigenvalue weighted by molar-refractivity contribution is 7.22. The Kier molecular flexibility index (Phi) is 4.34. The molecular formula is C17H13FN2O2S. The zero-order chi connectivity index (χ0) is 16.2. The monoisotopic (exact) mass is 328 g/mol. The molecule has 1 aromatic heterocycles. The van der Waals surface area contributed by atoms with Gasteiger partial charge >= 0.3 is 0 Å². The second-order valence-electron chi connectivity index (χ2n) is 4.73. The minimum atomic E-state index is -0.309. The number of hydrogen-bond donors (Lipinski definition) is 1. The summed E-state index contributed by atoms with van der Waals surface area (Å²) in [5, 5.41) is 3.23. The number of rotatable bonds is 4. The molecule has 0 aliphatic rings. The van der Waals surface area contributed by atoms with Crippen molar-refractivity contribution in [3.63, 3.8) is 0 Å². The van der Waals surface area contributed by atoms with Gasteiger partial charge in [-0.05, 0) is 42.0 Å². The largest absolute Gasteiger partial charge is 0.497 e. The minimum absolute atomic E-state index is 0.291. The quantitative estimate of drug-likeness (QED) is 0.734. The number of methoxy groups -OCH3 is 1. The first-order valence-electron chi connectivity index (χ1n) is 6.83. The van der Waals surface area contributed by atoms with E-state index in [0.717, 1.165) is 21.5 Å². The second kappa shape index (κ2) is 6.58. The number of anilines is 1. The fraction of sp³-hybridized carbons (Fsp3) is 0.0588. The molecule has 0 saturated carbocycles. The molecule has 0 unspecified atom stereocenters. The third kappa shape index (κ3) is 3.73. The van der Waals surface area contributed by atoms with E-state index in [1.54, 1.807) is 25.3 Å². The van der Waals surface area contributed by atoms with Crippen molar-refractivity contribution in [3.05, 3.63) is 59.9 Å². The van der Waals surface area contributed by atoms with E-state index in [1.807, 2.05) is 18.2 Å². The molecule has 1 amide bonds. The summed E-state index contributed by atoms with van der Waals surface area (Å²) in [6.07, 6.45) is 3.00. The van der Waals surface area contributed by atoms with E-state index in [9.17, 15) is 9.18 Å². The molecule has 0 spiro atoms. The molecule has 2 aromatic carbocycles. The van der Waals surface area contributed by atoms with E-state index in [2.05, 4.69) is 10.3 Å². The summed E-state index contributed by atoms with van der Waals surface area (Å²) < 4.78 is 18.9. The lowest BCUT2D eigenvalue weighted by molar-refractivity contribution is -0.111. The molecule has 0 fully saturated rings. The van der Waals surface area contributed by atoms with Gasteiger partial charge in [0.2, 0.25) is 5.91 Å². The molecule has 4 nitrogen and oxygen atoms in total. The van der Waals surface area contributed by atoms with Gasteiger partial charge in [-0.1, -0.05) is 23.5 Å². The number of nitrogens with one attached hydrogen (secondary N) is 1. The number of amides is 1. The zero-order valence-electron chi connectivity index (χ0n) is 12.2. The van der Waals surface area contributed by atoms with E-state index in [1.165, 1.54) is 29.5 Å². The van der Waals surface area contributed by atoms with Crippen LogP contribution in [-0.2, 0) is 4.79 Å². The van der Waals surface area contributed by atoms with Gasteiger partial charge in [-0.25, -0.2) is 9.37 Å². The van der Waals surface area contributed by atoms with Crippen LogP contribution in [0, 0.1) is 5.82 Å². The number of benzene rings is 2. The highest BCUT2D eigenvalue weighted by Crippen LogP contribution is 2.29. The van der Waals surface area contributed by atoms with Crippen LogP contribution in [0.4, 0.5) is 9.52 Å². The summed E-state index contributed by atoms with van der Waals surface area (Å²) in [5.74, 6) is 0.145.